The number of hydroxylamine groups is 2. The van der Waals surface area contributed by atoms with Crippen LogP contribution in [-0.2, 0) is 9.57 Å². The number of hydrogen-bond donors (Lipinski definition) is 0. The molecule has 0 amide bonds. The van der Waals surface area contributed by atoms with Crippen LogP contribution in [0, 0.1) is 0 Å². The van der Waals surface area contributed by atoms with Crippen LogP contribution in [0.25, 0.3) is 0 Å². The SMILES string of the molecule is CCCON(C)C(=S)OC. The molecule has 10 heavy (non-hydrogen) atoms. The zero-order valence-electron chi connectivity index (χ0n) is 6.59. The van der Waals surface area contributed by atoms with E-state index in [1.165, 1.54) is 12.2 Å². The third-order valence-electron chi connectivity index (χ3n) is 0.921. The van der Waals surface area contributed by atoms with E-state index in [0.717, 1.165) is 6.42 Å². The highest BCUT2D eigenvalue weighted by molar-refractivity contribution is 7.79. The summed E-state index contributed by atoms with van der Waals surface area (Å²) in [6.45, 7) is 2.70. The van der Waals surface area contributed by atoms with E-state index >= 15 is 0 Å². The van der Waals surface area contributed by atoms with E-state index in [4.69, 9.17) is 21.8 Å². The van der Waals surface area contributed by atoms with Gasteiger partial charge in [0.1, 0.15) is 0 Å². The van der Waals surface area contributed by atoms with Crippen molar-refractivity contribution in [2.75, 3.05) is 20.8 Å². The summed E-state index contributed by atoms with van der Waals surface area (Å²) in [5, 5.41) is 1.80. The Kier molecular flexibility index (Phi) is 5.25. The minimum Gasteiger partial charge on any atom is -0.473 e. The second-order valence-electron chi connectivity index (χ2n) is 1.80. The Morgan fingerprint density at radius 2 is 2.20 bits per heavy atom. The molecule has 0 spiro atoms. The molecule has 0 N–H and O–H groups in total. The molecule has 0 rings (SSSR count). The minimum atomic E-state index is 0.355. The summed E-state index contributed by atoms with van der Waals surface area (Å²) < 4.78 is 4.74. The fourth-order valence-corrected chi connectivity index (χ4v) is 0.462. The fraction of sp³-hybridized carbons (Fsp3) is 0.833. The maximum Gasteiger partial charge on any atom is 0.283 e. The van der Waals surface area contributed by atoms with Crippen LogP contribution in [0.15, 0.2) is 0 Å². The Labute approximate surface area is 66.9 Å². The number of thiocarbonyl (C=S) groups is 1. The normalized spacial score (nSPS) is 9.10. The molecule has 0 atom stereocenters. The van der Waals surface area contributed by atoms with Crippen molar-refractivity contribution >= 4 is 17.4 Å². The van der Waals surface area contributed by atoms with Crippen molar-refractivity contribution in [1.82, 2.24) is 5.06 Å². The van der Waals surface area contributed by atoms with Gasteiger partial charge in [-0.15, -0.1) is 0 Å². The molecule has 0 aromatic heterocycles. The van der Waals surface area contributed by atoms with Crippen LogP contribution in [0.4, 0.5) is 0 Å². The average molecular weight is 163 g/mol. The first kappa shape index (κ1) is 9.65. The average Bonchev–Trinajstić information content (AvgIpc) is 1.98. The van der Waals surface area contributed by atoms with Gasteiger partial charge in [-0.25, -0.2) is 5.06 Å². The second-order valence-corrected chi connectivity index (χ2v) is 2.15. The van der Waals surface area contributed by atoms with Crippen molar-refractivity contribution in [3.63, 3.8) is 0 Å². The molecule has 0 aliphatic heterocycles. The Balaban J connectivity index is 3.41. The largest absolute Gasteiger partial charge is 0.473 e. The van der Waals surface area contributed by atoms with Gasteiger partial charge in [-0.3, -0.25) is 4.84 Å². The number of hydrogen-bond acceptors (Lipinski definition) is 3. The van der Waals surface area contributed by atoms with Crippen LogP contribution >= 0.6 is 12.2 Å². The highest BCUT2D eigenvalue weighted by Crippen LogP contribution is 1.91. The van der Waals surface area contributed by atoms with Gasteiger partial charge in [-0.2, -0.15) is 0 Å². The lowest BCUT2D eigenvalue weighted by Crippen LogP contribution is -2.26. The molecule has 0 fully saturated rings. The lowest BCUT2D eigenvalue weighted by atomic mass is 10.5. The van der Waals surface area contributed by atoms with Gasteiger partial charge < -0.3 is 4.74 Å². The van der Waals surface area contributed by atoms with Crippen LogP contribution in [-0.4, -0.2) is 31.0 Å². The highest BCUT2D eigenvalue weighted by atomic mass is 32.1. The van der Waals surface area contributed by atoms with E-state index in [2.05, 4.69) is 0 Å². The van der Waals surface area contributed by atoms with Crippen molar-refractivity contribution < 1.29 is 9.57 Å². The zero-order chi connectivity index (χ0) is 7.98. The summed E-state index contributed by atoms with van der Waals surface area (Å²) in [5.41, 5.74) is 0. The number of nitrogens with zero attached hydrogens (tertiary/aromatic N) is 1. The molecule has 0 saturated carbocycles. The van der Waals surface area contributed by atoms with Crippen molar-refractivity contribution in [2.24, 2.45) is 0 Å². The van der Waals surface area contributed by atoms with Crippen molar-refractivity contribution in [2.45, 2.75) is 13.3 Å². The Morgan fingerprint density at radius 3 is 2.60 bits per heavy atom. The van der Waals surface area contributed by atoms with Crippen molar-refractivity contribution in [3.05, 3.63) is 0 Å². The summed E-state index contributed by atoms with van der Waals surface area (Å²) in [6, 6.07) is 0. The molecule has 0 saturated heterocycles. The first-order valence-electron chi connectivity index (χ1n) is 3.17. The summed E-state index contributed by atoms with van der Waals surface area (Å²) in [7, 11) is 3.25. The number of methoxy groups -OCH3 is 1. The van der Waals surface area contributed by atoms with Crippen LogP contribution < -0.4 is 0 Å². The number of rotatable bonds is 3. The molecule has 0 aromatic rings. The monoisotopic (exact) mass is 163 g/mol. The zero-order valence-corrected chi connectivity index (χ0v) is 7.40. The minimum absolute atomic E-state index is 0.355. The maximum atomic E-state index is 5.11. The van der Waals surface area contributed by atoms with Gasteiger partial charge in [0.25, 0.3) is 5.17 Å². The summed E-state index contributed by atoms with van der Waals surface area (Å²) in [4.78, 5) is 5.11. The van der Waals surface area contributed by atoms with E-state index in [1.54, 1.807) is 7.05 Å². The molecule has 0 unspecified atom stereocenters. The molecular weight excluding hydrogens is 150 g/mol. The molecule has 60 valence electrons. The Morgan fingerprint density at radius 1 is 1.60 bits per heavy atom. The molecular formula is C6H13NO2S. The van der Waals surface area contributed by atoms with E-state index < -0.39 is 0 Å². The van der Waals surface area contributed by atoms with Gasteiger partial charge in [0.2, 0.25) is 0 Å². The predicted molar refractivity (Wildman–Crippen MR) is 43.6 cm³/mol. The van der Waals surface area contributed by atoms with Gasteiger partial charge in [-0.1, -0.05) is 6.92 Å². The van der Waals surface area contributed by atoms with Crippen LogP contribution in [0.5, 0.6) is 0 Å². The van der Waals surface area contributed by atoms with E-state index in [1.807, 2.05) is 6.92 Å². The Bertz CT molecular complexity index is 108. The Hall–Kier alpha value is -0.350. The molecule has 4 heteroatoms. The predicted octanol–water partition coefficient (Wildman–Crippen LogP) is 1.19. The smallest absolute Gasteiger partial charge is 0.283 e. The summed E-state index contributed by atoms with van der Waals surface area (Å²) >= 11 is 4.77. The van der Waals surface area contributed by atoms with Gasteiger partial charge in [-0.05, 0) is 18.6 Å². The molecule has 0 bridgehead atoms. The first-order chi connectivity index (χ1) is 4.72. The molecule has 0 aliphatic carbocycles. The van der Waals surface area contributed by atoms with Gasteiger partial charge in [0.15, 0.2) is 0 Å². The highest BCUT2D eigenvalue weighted by Gasteiger charge is 2.01. The maximum absolute atomic E-state index is 5.11. The fourth-order valence-electron chi connectivity index (χ4n) is 0.409. The third kappa shape index (κ3) is 3.63. The first-order valence-corrected chi connectivity index (χ1v) is 3.57. The lowest BCUT2D eigenvalue weighted by molar-refractivity contribution is -0.0911. The van der Waals surface area contributed by atoms with Gasteiger partial charge in [0, 0.05) is 7.05 Å². The van der Waals surface area contributed by atoms with E-state index in [9.17, 15) is 0 Å². The molecule has 3 nitrogen and oxygen atoms in total. The van der Waals surface area contributed by atoms with Crippen LogP contribution in [0.1, 0.15) is 13.3 Å². The quantitative estimate of drug-likeness (QED) is 0.460. The third-order valence-corrected chi connectivity index (χ3v) is 1.34. The molecule has 0 aromatic carbocycles. The second kappa shape index (κ2) is 5.44. The van der Waals surface area contributed by atoms with Gasteiger partial charge in [0.05, 0.1) is 13.7 Å². The van der Waals surface area contributed by atoms with Crippen molar-refractivity contribution in [3.8, 4) is 0 Å². The van der Waals surface area contributed by atoms with Crippen molar-refractivity contribution in [1.29, 1.82) is 0 Å². The van der Waals surface area contributed by atoms with E-state index in [0.29, 0.717) is 11.8 Å². The molecule has 0 radical (unpaired) electrons. The summed E-state index contributed by atoms with van der Waals surface area (Å²) in [6.07, 6.45) is 0.969. The van der Waals surface area contributed by atoms with E-state index in [-0.39, 0.29) is 0 Å². The van der Waals surface area contributed by atoms with Crippen LogP contribution in [0.3, 0.4) is 0 Å². The number of ether oxygens (including phenoxy) is 1. The standard InChI is InChI=1S/C6H13NO2S/c1-4-5-9-7(2)6(10)8-3/h4-5H2,1-3H3. The topological polar surface area (TPSA) is 21.7 Å². The molecule has 0 heterocycles. The van der Waals surface area contributed by atoms with Crippen LogP contribution in [0.2, 0.25) is 0 Å². The molecule has 0 aliphatic rings. The van der Waals surface area contributed by atoms with Gasteiger partial charge >= 0.3 is 0 Å². The lowest BCUT2D eigenvalue weighted by Gasteiger charge is -2.16. The summed E-state index contributed by atoms with van der Waals surface area (Å²) in [5.74, 6) is 0.